The number of allylic oxidation sites excluding steroid dienone is 2. The highest BCUT2D eigenvalue weighted by atomic mass is 32.1. The molecular formula is C34H21F3N4O2S3. The molecule has 0 fully saturated rings. The normalized spacial score (nSPS) is 16.5. The SMILES string of the molecule is CN(CCO)c1ccc(-c2cc3sc4cc(/C=C/C5=C(C#N)C(=C(C#N)C#N)OC5(c5ccccc5)C(F)(F)F)sc4c3s2)cc1. The van der Waals surface area contributed by atoms with Crippen LogP contribution >= 0.6 is 34.0 Å². The Hall–Kier alpha value is -4.90. The number of fused-ring (bicyclic) bond motifs is 3. The van der Waals surface area contributed by atoms with E-state index in [2.05, 4.69) is 6.07 Å². The van der Waals surface area contributed by atoms with E-state index in [-0.39, 0.29) is 12.2 Å². The van der Waals surface area contributed by atoms with Gasteiger partial charge in [-0.15, -0.1) is 34.0 Å². The number of nitrogens with zero attached hydrogens (tertiary/aromatic N) is 4. The van der Waals surface area contributed by atoms with Gasteiger partial charge >= 0.3 is 6.18 Å². The number of aliphatic hydroxyl groups is 1. The van der Waals surface area contributed by atoms with E-state index in [9.17, 15) is 20.9 Å². The average Bonchev–Trinajstić information content (AvgIpc) is 3.80. The zero-order chi connectivity index (χ0) is 32.6. The Morgan fingerprint density at radius 1 is 0.935 bits per heavy atom. The van der Waals surface area contributed by atoms with Crippen molar-refractivity contribution in [2.45, 2.75) is 11.8 Å². The molecule has 0 bridgehead atoms. The summed E-state index contributed by atoms with van der Waals surface area (Å²) in [4.78, 5) is 3.72. The summed E-state index contributed by atoms with van der Waals surface area (Å²) >= 11 is 4.65. The zero-order valence-electron chi connectivity index (χ0n) is 23.9. The number of nitriles is 3. The molecule has 228 valence electrons. The second kappa shape index (κ2) is 12.1. The van der Waals surface area contributed by atoms with Crippen LogP contribution in [0.15, 0.2) is 95.3 Å². The summed E-state index contributed by atoms with van der Waals surface area (Å²) in [6, 6.07) is 23.9. The van der Waals surface area contributed by atoms with Crippen molar-refractivity contribution < 1.29 is 23.0 Å². The van der Waals surface area contributed by atoms with Crippen LogP contribution in [0.2, 0.25) is 0 Å². The van der Waals surface area contributed by atoms with Gasteiger partial charge in [0.05, 0.1) is 16.0 Å². The van der Waals surface area contributed by atoms with Gasteiger partial charge in [0.1, 0.15) is 23.8 Å². The van der Waals surface area contributed by atoms with Crippen molar-refractivity contribution in [3.05, 3.63) is 106 Å². The monoisotopic (exact) mass is 670 g/mol. The van der Waals surface area contributed by atoms with E-state index in [0.29, 0.717) is 11.4 Å². The average molecular weight is 671 g/mol. The van der Waals surface area contributed by atoms with Crippen LogP contribution in [-0.4, -0.2) is 31.5 Å². The molecule has 1 atom stereocenters. The molecule has 2 aromatic carbocycles. The minimum absolute atomic E-state index is 0.0654. The van der Waals surface area contributed by atoms with E-state index < -0.39 is 34.3 Å². The Bertz CT molecular complexity index is 2170. The summed E-state index contributed by atoms with van der Waals surface area (Å²) in [5, 5.41) is 38.1. The Balaban J connectivity index is 1.42. The van der Waals surface area contributed by atoms with Gasteiger partial charge in [-0.25, -0.2) is 0 Å². The molecule has 5 aromatic rings. The van der Waals surface area contributed by atoms with Crippen LogP contribution in [0.3, 0.4) is 0 Å². The summed E-state index contributed by atoms with van der Waals surface area (Å²) in [6.45, 7) is 0.599. The molecule has 0 saturated heterocycles. The van der Waals surface area contributed by atoms with Crippen LogP contribution in [0.4, 0.5) is 18.9 Å². The molecule has 4 heterocycles. The number of ether oxygens (including phenoxy) is 1. The maximum atomic E-state index is 15.1. The fourth-order valence-electron chi connectivity index (χ4n) is 5.34. The first-order valence-electron chi connectivity index (χ1n) is 13.7. The fraction of sp³-hybridized carbons (Fsp3) is 0.147. The third-order valence-electron chi connectivity index (χ3n) is 7.56. The van der Waals surface area contributed by atoms with E-state index in [1.807, 2.05) is 42.3 Å². The number of benzene rings is 2. The van der Waals surface area contributed by atoms with Gasteiger partial charge in [0.25, 0.3) is 5.60 Å². The lowest BCUT2D eigenvalue weighted by Gasteiger charge is -2.33. The molecule has 46 heavy (non-hydrogen) atoms. The summed E-state index contributed by atoms with van der Waals surface area (Å²) in [6.07, 6.45) is -2.32. The molecule has 0 radical (unpaired) electrons. The number of thiophene rings is 3. The number of rotatable bonds is 7. The predicted octanol–water partition coefficient (Wildman–Crippen LogP) is 8.90. The third kappa shape index (κ3) is 5.14. The van der Waals surface area contributed by atoms with Crippen molar-refractivity contribution in [1.82, 2.24) is 0 Å². The largest absolute Gasteiger partial charge is 0.465 e. The van der Waals surface area contributed by atoms with Crippen molar-refractivity contribution in [3.63, 3.8) is 0 Å². The van der Waals surface area contributed by atoms with Gasteiger partial charge in [0, 0.05) is 49.6 Å². The highest BCUT2D eigenvalue weighted by molar-refractivity contribution is 7.39. The third-order valence-corrected chi connectivity index (χ3v) is 11.3. The van der Waals surface area contributed by atoms with E-state index in [4.69, 9.17) is 4.74 Å². The Kier molecular flexibility index (Phi) is 8.20. The summed E-state index contributed by atoms with van der Waals surface area (Å²) in [5.74, 6) is -0.693. The molecule has 1 aliphatic heterocycles. The summed E-state index contributed by atoms with van der Waals surface area (Å²) in [7, 11) is 1.92. The lowest BCUT2D eigenvalue weighted by molar-refractivity contribution is -0.249. The molecule has 1 aliphatic rings. The topological polar surface area (TPSA) is 104 Å². The lowest BCUT2D eigenvalue weighted by Crippen LogP contribution is -2.43. The molecule has 6 nitrogen and oxygen atoms in total. The van der Waals surface area contributed by atoms with E-state index in [0.717, 1.165) is 34.9 Å². The van der Waals surface area contributed by atoms with Gasteiger partial charge in [0.15, 0.2) is 11.3 Å². The fourth-order valence-corrected chi connectivity index (χ4v) is 9.28. The van der Waals surface area contributed by atoms with Gasteiger partial charge in [-0.3, -0.25) is 0 Å². The summed E-state index contributed by atoms with van der Waals surface area (Å²) in [5.41, 5.74) is -3.07. The molecule has 0 amide bonds. The minimum atomic E-state index is -5.05. The molecule has 1 unspecified atom stereocenters. The van der Waals surface area contributed by atoms with Crippen LogP contribution in [0.25, 0.3) is 35.3 Å². The van der Waals surface area contributed by atoms with Crippen molar-refractivity contribution in [2.24, 2.45) is 0 Å². The molecule has 0 saturated carbocycles. The molecule has 3 aromatic heterocycles. The van der Waals surface area contributed by atoms with E-state index >= 15 is 13.2 Å². The first-order valence-corrected chi connectivity index (χ1v) is 16.2. The van der Waals surface area contributed by atoms with Crippen molar-refractivity contribution >= 4 is 64.6 Å². The molecular weight excluding hydrogens is 650 g/mol. The van der Waals surface area contributed by atoms with Gasteiger partial charge in [-0.1, -0.05) is 48.5 Å². The first-order chi connectivity index (χ1) is 22.1. The van der Waals surface area contributed by atoms with Gasteiger partial charge in [-0.05, 0) is 35.9 Å². The first kappa shape index (κ1) is 31.1. The Morgan fingerprint density at radius 2 is 1.61 bits per heavy atom. The standard InChI is InChI=1S/C34H21F3N4O2S3/c1-41(13-14-42)23-9-7-20(8-10-23)27-16-29-32(46-27)31-28(45-29)15-24(44-31)11-12-26-25(19-40)30(21(17-38)18-39)43-33(26,34(35,36)37)22-5-3-2-4-6-22/h2-12,15-16,42H,13-14H2,1H3/b12-11+. The highest BCUT2D eigenvalue weighted by Gasteiger charge is 2.65. The molecule has 12 heteroatoms. The number of hydrogen-bond acceptors (Lipinski definition) is 9. The minimum Gasteiger partial charge on any atom is -0.465 e. The van der Waals surface area contributed by atoms with Gasteiger partial charge < -0.3 is 14.7 Å². The maximum Gasteiger partial charge on any atom is 0.437 e. The Labute approximate surface area is 273 Å². The molecule has 0 aliphatic carbocycles. The van der Waals surface area contributed by atoms with Crippen LogP contribution in [0.1, 0.15) is 10.4 Å². The van der Waals surface area contributed by atoms with Crippen LogP contribution < -0.4 is 4.90 Å². The second-order valence-corrected chi connectivity index (χ2v) is 13.5. The number of hydrogen-bond donors (Lipinski definition) is 1. The second-order valence-electron chi connectivity index (χ2n) is 10.2. The van der Waals surface area contributed by atoms with Crippen LogP contribution in [0.5, 0.6) is 0 Å². The number of halogens is 3. The smallest absolute Gasteiger partial charge is 0.437 e. The van der Waals surface area contributed by atoms with Crippen LogP contribution in [-0.2, 0) is 10.3 Å². The number of aliphatic hydroxyl groups excluding tert-OH is 1. The highest BCUT2D eigenvalue weighted by Crippen LogP contribution is 2.56. The molecule has 1 N–H and O–H groups in total. The number of alkyl halides is 3. The number of anilines is 1. The van der Waals surface area contributed by atoms with Crippen molar-refractivity contribution in [2.75, 3.05) is 25.1 Å². The Morgan fingerprint density at radius 3 is 2.24 bits per heavy atom. The zero-order valence-corrected chi connectivity index (χ0v) is 26.4. The maximum absolute atomic E-state index is 15.1. The predicted molar refractivity (Wildman–Crippen MR) is 176 cm³/mol. The lowest BCUT2D eigenvalue weighted by atomic mass is 9.84. The molecule has 0 spiro atoms. The summed E-state index contributed by atoms with van der Waals surface area (Å²) < 4.78 is 54.9. The quantitative estimate of drug-likeness (QED) is 0.174. The molecule has 6 rings (SSSR count). The van der Waals surface area contributed by atoms with E-state index in [1.165, 1.54) is 47.8 Å². The van der Waals surface area contributed by atoms with E-state index in [1.54, 1.807) is 46.9 Å². The van der Waals surface area contributed by atoms with Gasteiger partial charge in [-0.2, -0.15) is 29.0 Å². The van der Waals surface area contributed by atoms with Crippen LogP contribution in [0, 0.1) is 34.0 Å². The van der Waals surface area contributed by atoms with Gasteiger partial charge in [0.2, 0.25) is 0 Å². The van der Waals surface area contributed by atoms with Crippen molar-refractivity contribution in [1.29, 1.82) is 15.8 Å². The number of likely N-dealkylation sites (N-methyl/N-ethyl adjacent to an activating group) is 1. The van der Waals surface area contributed by atoms with Crippen molar-refractivity contribution in [3.8, 4) is 28.6 Å².